The number of nitrogens with zero attached hydrogens (tertiary/aromatic N) is 3. The van der Waals surface area contributed by atoms with Crippen LogP contribution in [0.2, 0.25) is 0 Å². The molecule has 0 aliphatic heterocycles. The van der Waals surface area contributed by atoms with E-state index in [2.05, 4.69) is 14.2 Å². The molecule has 2 atom stereocenters. The maximum atomic E-state index is 14.5. The fourth-order valence-corrected chi connectivity index (χ4v) is 10.8. The first-order valence-corrected chi connectivity index (χ1v) is 28.0. The highest BCUT2D eigenvalue weighted by molar-refractivity contribution is 6.08. The largest absolute Gasteiger partial charge is 0.573 e. The molecule has 3 heterocycles. The van der Waals surface area contributed by atoms with E-state index in [0.29, 0.717) is 45.0 Å². The van der Waals surface area contributed by atoms with Gasteiger partial charge >= 0.3 is 37.0 Å². The summed E-state index contributed by atoms with van der Waals surface area (Å²) in [6.07, 6.45) is -14.0. The zero-order valence-corrected chi connectivity index (χ0v) is 51.0. The molecule has 0 saturated carbocycles. The number of hydrogen-bond donors (Lipinski definition) is 3. The number of aliphatic carboxylic acids is 3. The van der Waals surface area contributed by atoms with Crippen molar-refractivity contribution in [1.29, 1.82) is 0 Å². The molecule has 0 fully saturated rings. The molecular weight excluding hydrogens is 1290 g/mol. The molecule has 18 nitrogen and oxygen atoms in total. The minimum absolute atomic E-state index is 0.00243. The van der Waals surface area contributed by atoms with Gasteiger partial charge in [0.15, 0.2) is 34.7 Å². The molecule has 0 aliphatic rings. The molecule has 0 radical (unpaired) electrons. The first kappa shape index (κ1) is 71.8. The molecule has 30 heteroatoms. The topological polar surface area (TPSA) is 233 Å². The summed E-state index contributed by atoms with van der Waals surface area (Å²) in [4.78, 5) is 74.7. The highest BCUT2D eigenvalue weighted by Gasteiger charge is 2.36. The molecule has 3 aromatic heterocycles. The van der Waals surface area contributed by atoms with Crippen molar-refractivity contribution in [3.63, 3.8) is 0 Å². The number of methoxy groups -OCH3 is 3. The average Bonchev–Trinajstić information content (AvgIpc) is 1.62. The molecule has 0 amide bonds. The number of carbonyl (C=O) groups is 6. The van der Waals surface area contributed by atoms with Gasteiger partial charge in [-0.1, -0.05) is 20.3 Å². The van der Waals surface area contributed by atoms with E-state index in [0.717, 1.165) is 100 Å². The SMILES string of the molecule is CCC(C(=O)O)c1c(C)n(C(=O)c2ccc(OC(F)(F)F)cc2)c2cc(F)c(OC)cc12.CCCC(C(=O)O)c1c(C)n(C(=O)c2ccc(OC(F)(F)F)cc2)c2cc(F)c(OC)cc12.COc1cc2c(CC(=O)O)c(C)n(C(=O)c3ccc(OC(F)(F)F)cc3)c2cc1F. The molecular formula is C65H55F12N3O15. The van der Waals surface area contributed by atoms with Gasteiger partial charge in [0.05, 0.1) is 56.1 Å². The van der Waals surface area contributed by atoms with Crippen molar-refractivity contribution in [2.45, 2.75) is 91.2 Å². The fourth-order valence-electron chi connectivity index (χ4n) is 10.8. The summed E-state index contributed by atoms with van der Waals surface area (Å²) in [5, 5.41) is 29.7. The second-order valence-electron chi connectivity index (χ2n) is 20.8. The van der Waals surface area contributed by atoms with E-state index in [1.165, 1.54) is 57.9 Å². The number of carbonyl (C=O) groups excluding carboxylic acids is 3. The standard InChI is InChI=1S/C23H21F4NO5.C22H19F4NO5.C20H15F4NO5/c1-4-5-15(22(30)31)20-12(2)28(18-11-17(24)19(32-3)10-16(18)20)21(29)13-6-8-14(9-7-13)33-23(25,26)27;1-4-14(21(29)30)19-11(2)27(17-10-16(23)18(31-3)9-15(17)19)20(28)12-5-7-13(8-6-12)32-22(24,25)26;1-10-13(8-18(26)27)14-7-17(29-2)15(21)9-16(14)25(10)19(28)11-3-5-12(6-4-11)30-20(22,23)24/h6-11,15H,4-5H2,1-3H3,(H,30,31);5-10,14H,4H2,1-3H3,(H,29,30);3-7,9H,8H2,1-2H3,(H,26,27). The molecule has 0 aliphatic carbocycles. The molecule has 0 saturated heterocycles. The number of hydrogen-bond acceptors (Lipinski definition) is 12. The van der Waals surface area contributed by atoms with Crippen LogP contribution in [0.25, 0.3) is 32.7 Å². The summed E-state index contributed by atoms with van der Waals surface area (Å²) in [6.45, 7) is 8.07. The Labute approximate surface area is 529 Å². The zero-order chi connectivity index (χ0) is 70.5. The number of aromatic nitrogens is 3. The van der Waals surface area contributed by atoms with Crippen molar-refractivity contribution in [2.24, 2.45) is 0 Å². The number of benzene rings is 6. The Kier molecular flexibility index (Phi) is 21.7. The Morgan fingerprint density at radius 2 is 0.737 bits per heavy atom. The van der Waals surface area contributed by atoms with Gasteiger partial charge in [-0.15, -0.1) is 39.5 Å². The molecule has 9 aromatic rings. The summed E-state index contributed by atoms with van der Waals surface area (Å²) in [5.41, 5.74) is 2.19. The monoisotopic (exact) mass is 1350 g/mol. The predicted octanol–water partition coefficient (Wildman–Crippen LogP) is 15.2. The van der Waals surface area contributed by atoms with Crippen molar-refractivity contribution in [3.05, 3.63) is 177 Å². The van der Waals surface area contributed by atoms with Gasteiger partial charge in [0, 0.05) is 68.1 Å². The minimum atomic E-state index is -4.88. The molecule has 6 aromatic carbocycles. The number of halogens is 12. The number of alkyl halides is 9. The van der Waals surface area contributed by atoms with Gasteiger partial charge in [-0.05, 0) is 141 Å². The molecule has 0 spiro atoms. The second-order valence-corrected chi connectivity index (χ2v) is 20.8. The van der Waals surface area contributed by atoms with Gasteiger partial charge in [-0.3, -0.25) is 42.5 Å². The third kappa shape index (κ3) is 16.0. The highest BCUT2D eigenvalue weighted by Crippen LogP contribution is 2.41. The van der Waals surface area contributed by atoms with Crippen LogP contribution in [-0.2, 0) is 20.8 Å². The van der Waals surface area contributed by atoms with E-state index in [9.17, 15) is 96.8 Å². The molecule has 0 bridgehead atoms. The van der Waals surface area contributed by atoms with E-state index >= 15 is 0 Å². The molecule has 95 heavy (non-hydrogen) atoms. The predicted molar refractivity (Wildman–Crippen MR) is 315 cm³/mol. The Bertz CT molecular complexity index is 4400. The smallest absolute Gasteiger partial charge is 0.494 e. The lowest BCUT2D eigenvalue weighted by Crippen LogP contribution is -2.18. The third-order valence-electron chi connectivity index (χ3n) is 14.9. The van der Waals surface area contributed by atoms with Crippen LogP contribution in [0.1, 0.15) is 110 Å². The normalized spacial score (nSPS) is 12.3. The van der Waals surface area contributed by atoms with E-state index in [1.54, 1.807) is 13.8 Å². The van der Waals surface area contributed by atoms with Crippen molar-refractivity contribution >= 4 is 68.3 Å². The lowest BCUT2D eigenvalue weighted by Gasteiger charge is -2.13. The van der Waals surface area contributed by atoms with E-state index < -0.39 is 108 Å². The third-order valence-corrected chi connectivity index (χ3v) is 14.9. The summed E-state index contributed by atoms with van der Waals surface area (Å²) in [7, 11) is 3.78. The number of rotatable bonds is 18. The van der Waals surface area contributed by atoms with Crippen molar-refractivity contribution < 1.29 is 125 Å². The molecule has 3 N–H and O–H groups in total. The Morgan fingerprint density at radius 1 is 0.442 bits per heavy atom. The van der Waals surface area contributed by atoms with Crippen molar-refractivity contribution in [3.8, 4) is 34.5 Å². The zero-order valence-electron chi connectivity index (χ0n) is 51.0. The van der Waals surface area contributed by atoms with E-state index in [4.69, 9.17) is 14.2 Å². The van der Waals surface area contributed by atoms with Crippen LogP contribution in [0, 0.1) is 38.2 Å². The number of carboxylic acids is 3. The number of ether oxygens (including phenoxy) is 6. The summed E-state index contributed by atoms with van der Waals surface area (Å²) >= 11 is 0. The first-order valence-electron chi connectivity index (χ1n) is 28.0. The van der Waals surface area contributed by atoms with Crippen LogP contribution in [0.15, 0.2) is 109 Å². The summed E-state index contributed by atoms with van der Waals surface area (Å²) in [5.74, 6) is -11.4. The van der Waals surface area contributed by atoms with Crippen LogP contribution in [-0.4, -0.2) is 105 Å². The average molecular weight is 1350 g/mol. The second kappa shape index (κ2) is 28.7. The molecule has 2 unspecified atom stereocenters. The van der Waals surface area contributed by atoms with E-state index in [-0.39, 0.29) is 74.7 Å². The lowest BCUT2D eigenvalue weighted by atomic mass is 9.92. The van der Waals surface area contributed by atoms with Gasteiger partial charge in [-0.2, -0.15) is 0 Å². The van der Waals surface area contributed by atoms with Gasteiger partial charge in [0.1, 0.15) is 17.2 Å². The number of fused-ring (bicyclic) bond motifs is 3. The van der Waals surface area contributed by atoms with Gasteiger partial charge in [-0.25, -0.2) is 13.2 Å². The highest BCUT2D eigenvalue weighted by atomic mass is 19.4. The molecule has 9 rings (SSSR count). The van der Waals surface area contributed by atoms with Gasteiger partial charge in [0.25, 0.3) is 17.7 Å². The maximum absolute atomic E-state index is 14.5. The molecule has 504 valence electrons. The van der Waals surface area contributed by atoms with Gasteiger partial charge < -0.3 is 43.7 Å². The Morgan fingerprint density at radius 3 is 1.01 bits per heavy atom. The first-order chi connectivity index (χ1) is 44.5. The van der Waals surface area contributed by atoms with Crippen LogP contribution in [0.3, 0.4) is 0 Å². The Balaban J connectivity index is 0.000000202. The van der Waals surface area contributed by atoms with Crippen molar-refractivity contribution in [1.82, 2.24) is 13.7 Å². The Hall–Kier alpha value is -10.7. The maximum Gasteiger partial charge on any atom is 0.573 e. The summed E-state index contributed by atoms with van der Waals surface area (Å²) < 4.78 is 184. The van der Waals surface area contributed by atoms with Crippen LogP contribution >= 0.6 is 0 Å². The fraction of sp³-hybridized carbons (Fsp3) is 0.262. The van der Waals surface area contributed by atoms with Crippen LogP contribution < -0.4 is 28.4 Å². The van der Waals surface area contributed by atoms with Crippen LogP contribution in [0.4, 0.5) is 52.7 Å². The van der Waals surface area contributed by atoms with E-state index in [1.807, 2.05) is 6.92 Å². The minimum Gasteiger partial charge on any atom is -0.494 e. The van der Waals surface area contributed by atoms with Crippen LogP contribution in [0.5, 0.6) is 34.5 Å². The number of carboxylic acid groups (broad SMARTS) is 3. The quantitative estimate of drug-likeness (QED) is 0.0678. The lowest BCUT2D eigenvalue weighted by molar-refractivity contribution is -0.275. The van der Waals surface area contributed by atoms with Crippen molar-refractivity contribution in [2.75, 3.05) is 21.3 Å². The summed E-state index contributed by atoms with van der Waals surface area (Å²) in [6, 6.07) is 19.9. The van der Waals surface area contributed by atoms with Gasteiger partial charge in [0.2, 0.25) is 0 Å².